The van der Waals surface area contributed by atoms with Gasteiger partial charge in [-0.15, -0.1) is 5.10 Å². The number of rotatable bonds is 7. The van der Waals surface area contributed by atoms with Crippen LogP contribution in [0.1, 0.15) is 22.1 Å². The molecule has 0 radical (unpaired) electrons. The van der Waals surface area contributed by atoms with Crippen LogP contribution in [-0.2, 0) is 18.8 Å². The Balaban J connectivity index is 1.83. The van der Waals surface area contributed by atoms with Gasteiger partial charge >= 0.3 is 6.01 Å². The fourth-order valence-electron chi connectivity index (χ4n) is 2.80. The van der Waals surface area contributed by atoms with Crippen molar-refractivity contribution in [1.82, 2.24) is 29.9 Å². The lowest BCUT2D eigenvalue weighted by Crippen LogP contribution is -2.32. The summed E-state index contributed by atoms with van der Waals surface area (Å²) < 4.78 is 13.6. The van der Waals surface area contributed by atoms with E-state index in [1.165, 1.54) is 7.11 Å². The Kier molecular flexibility index (Phi) is 5.51. The van der Waals surface area contributed by atoms with Crippen LogP contribution in [0.5, 0.6) is 6.01 Å². The molecule has 0 fully saturated rings. The number of aromatic nitrogens is 5. The minimum Gasteiger partial charge on any atom is -0.467 e. The lowest BCUT2D eigenvalue weighted by atomic mass is 10.1. The van der Waals surface area contributed by atoms with Gasteiger partial charge in [0, 0.05) is 38.5 Å². The first-order valence-corrected chi connectivity index (χ1v) is 8.36. The van der Waals surface area contributed by atoms with Crippen molar-refractivity contribution in [3.8, 4) is 17.4 Å². The largest absolute Gasteiger partial charge is 0.467 e. The number of aryl methyl sites for hydroxylation is 2. The second kappa shape index (κ2) is 8.00. The van der Waals surface area contributed by atoms with Crippen LogP contribution in [0.25, 0.3) is 11.4 Å². The number of carbonyl (C=O) groups is 1. The monoisotopic (exact) mass is 370 g/mol. The van der Waals surface area contributed by atoms with Crippen molar-refractivity contribution >= 4 is 5.91 Å². The van der Waals surface area contributed by atoms with Gasteiger partial charge in [-0.1, -0.05) is 12.1 Å². The molecule has 0 unspecified atom stereocenters. The Morgan fingerprint density at radius 1 is 1.22 bits per heavy atom. The van der Waals surface area contributed by atoms with Crippen molar-refractivity contribution in [1.29, 1.82) is 0 Å². The van der Waals surface area contributed by atoms with Crippen LogP contribution in [0.3, 0.4) is 0 Å². The number of amides is 1. The molecule has 1 amide bonds. The molecule has 27 heavy (non-hydrogen) atoms. The summed E-state index contributed by atoms with van der Waals surface area (Å²) in [5, 5.41) is 11.5. The molecule has 9 nitrogen and oxygen atoms in total. The van der Waals surface area contributed by atoms with E-state index in [2.05, 4.69) is 20.5 Å². The van der Waals surface area contributed by atoms with Crippen LogP contribution in [0, 0.1) is 0 Å². The molecule has 9 heteroatoms. The number of carbonyl (C=O) groups excluding carboxylic acids is 1. The van der Waals surface area contributed by atoms with Crippen molar-refractivity contribution in [3.63, 3.8) is 0 Å². The third-order valence-electron chi connectivity index (χ3n) is 4.14. The predicted molar refractivity (Wildman–Crippen MR) is 98.3 cm³/mol. The Hall–Kier alpha value is -3.20. The third-order valence-corrected chi connectivity index (χ3v) is 4.14. The zero-order valence-electron chi connectivity index (χ0n) is 15.7. The smallest absolute Gasteiger partial charge is 0.314 e. The van der Waals surface area contributed by atoms with Gasteiger partial charge in [0.1, 0.15) is 0 Å². The molecule has 1 aromatic carbocycles. The number of nitrogens with zero attached hydrogens (tertiary/aromatic N) is 5. The molecule has 1 N–H and O–H groups in total. The number of methoxy groups -OCH3 is 2. The van der Waals surface area contributed by atoms with E-state index in [-0.39, 0.29) is 11.9 Å². The summed E-state index contributed by atoms with van der Waals surface area (Å²) in [5.41, 5.74) is 2.09. The van der Waals surface area contributed by atoms with Gasteiger partial charge in [-0.2, -0.15) is 10.1 Å². The average Bonchev–Trinajstić information content (AvgIpc) is 3.26. The Labute approximate surface area is 156 Å². The lowest BCUT2D eigenvalue weighted by Gasteiger charge is -2.18. The summed E-state index contributed by atoms with van der Waals surface area (Å²) in [6, 6.07) is 9.07. The molecule has 0 bridgehead atoms. The molecule has 2 aromatic heterocycles. The van der Waals surface area contributed by atoms with Crippen molar-refractivity contribution in [2.24, 2.45) is 14.1 Å². The molecule has 3 aromatic rings. The standard InChI is InChI=1S/C18H22N6O3/c1-23-15(8-9-19-23)14(11-26-3)20-17(25)13-7-5-6-12(10-13)16-21-18(27-4)24(2)22-16/h5-10,14H,11H2,1-4H3,(H,20,25)/t14-/m1/s1. The molecule has 3 rings (SSSR count). The van der Waals surface area contributed by atoms with E-state index in [4.69, 9.17) is 9.47 Å². The van der Waals surface area contributed by atoms with E-state index in [9.17, 15) is 4.79 Å². The van der Waals surface area contributed by atoms with E-state index in [1.54, 1.807) is 47.9 Å². The van der Waals surface area contributed by atoms with Crippen LogP contribution < -0.4 is 10.1 Å². The van der Waals surface area contributed by atoms with Gasteiger partial charge in [0.25, 0.3) is 5.91 Å². The van der Waals surface area contributed by atoms with Gasteiger partial charge in [0.15, 0.2) is 5.82 Å². The van der Waals surface area contributed by atoms with E-state index < -0.39 is 0 Å². The SMILES string of the molecule is COC[C@@H](NC(=O)c1cccc(-c2nc(OC)n(C)n2)c1)c1ccnn1C. The zero-order chi connectivity index (χ0) is 19.4. The highest BCUT2D eigenvalue weighted by Gasteiger charge is 2.19. The molecule has 2 heterocycles. The summed E-state index contributed by atoms with van der Waals surface area (Å²) in [5.74, 6) is 0.270. The number of hydrogen-bond donors (Lipinski definition) is 1. The first-order valence-electron chi connectivity index (χ1n) is 8.36. The van der Waals surface area contributed by atoms with E-state index >= 15 is 0 Å². The van der Waals surface area contributed by atoms with Crippen molar-refractivity contribution < 1.29 is 14.3 Å². The van der Waals surface area contributed by atoms with Crippen molar-refractivity contribution in [2.45, 2.75) is 6.04 Å². The fraction of sp³-hybridized carbons (Fsp3) is 0.333. The molecule has 0 saturated carbocycles. The van der Waals surface area contributed by atoms with E-state index in [1.807, 2.05) is 19.2 Å². The maximum Gasteiger partial charge on any atom is 0.314 e. The minimum atomic E-state index is -0.313. The minimum absolute atomic E-state index is 0.219. The Morgan fingerprint density at radius 2 is 2.04 bits per heavy atom. The highest BCUT2D eigenvalue weighted by Crippen LogP contribution is 2.20. The molecule has 0 aliphatic heterocycles. The second-order valence-corrected chi connectivity index (χ2v) is 5.99. The second-order valence-electron chi connectivity index (χ2n) is 5.99. The maximum absolute atomic E-state index is 12.8. The van der Waals surface area contributed by atoms with Gasteiger partial charge in [0.2, 0.25) is 0 Å². The highest BCUT2D eigenvalue weighted by atomic mass is 16.5. The van der Waals surface area contributed by atoms with E-state index in [0.29, 0.717) is 24.0 Å². The molecule has 0 aliphatic carbocycles. The first-order chi connectivity index (χ1) is 13.0. The Bertz CT molecular complexity index is 933. The van der Waals surface area contributed by atoms with Crippen molar-refractivity contribution in [3.05, 3.63) is 47.8 Å². The highest BCUT2D eigenvalue weighted by molar-refractivity contribution is 5.95. The number of ether oxygens (including phenoxy) is 2. The number of hydrogen-bond acceptors (Lipinski definition) is 6. The summed E-state index contributed by atoms with van der Waals surface area (Å²) in [6.45, 7) is 0.337. The molecule has 0 spiro atoms. The number of nitrogens with one attached hydrogen (secondary N) is 1. The summed E-state index contributed by atoms with van der Waals surface area (Å²) >= 11 is 0. The van der Waals surface area contributed by atoms with Crippen LogP contribution >= 0.6 is 0 Å². The topological polar surface area (TPSA) is 96.1 Å². The normalized spacial score (nSPS) is 12.0. The molecule has 1 atom stereocenters. The lowest BCUT2D eigenvalue weighted by molar-refractivity contribution is 0.0892. The average molecular weight is 370 g/mol. The van der Waals surface area contributed by atoms with Crippen LogP contribution in [0.4, 0.5) is 0 Å². The fourth-order valence-corrected chi connectivity index (χ4v) is 2.80. The summed E-state index contributed by atoms with van der Waals surface area (Å²) in [7, 11) is 6.70. The predicted octanol–water partition coefficient (Wildman–Crippen LogP) is 1.34. The molecule has 0 saturated heterocycles. The molecular weight excluding hydrogens is 348 g/mol. The van der Waals surface area contributed by atoms with Gasteiger partial charge in [-0.05, 0) is 18.2 Å². The Morgan fingerprint density at radius 3 is 2.67 bits per heavy atom. The third kappa shape index (κ3) is 3.98. The van der Waals surface area contributed by atoms with Crippen LogP contribution in [0.2, 0.25) is 0 Å². The summed E-state index contributed by atoms with van der Waals surface area (Å²) in [6.07, 6.45) is 1.69. The molecule has 142 valence electrons. The summed E-state index contributed by atoms with van der Waals surface area (Å²) in [4.78, 5) is 17.1. The van der Waals surface area contributed by atoms with Crippen LogP contribution in [0.15, 0.2) is 36.5 Å². The quantitative estimate of drug-likeness (QED) is 0.674. The van der Waals surface area contributed by atoms with Gasteiger partial charge in [0.05, 0.1) is 25.5 Å². The molecular formula is C18H22N6O3. The molecule has 0 aliphatic rings. The van der Waals surface area contributed by atoms with Crippen LogP contribution in [-0.4, -0.2) is 51.3 Å². The van der Waals surface area contributed by atoms with E-state index in [0.717, 1.165) is 11.3 Å². The first kappa shape index (κ1) is 18.6. The zero-order valence-corrected chi connectivity index (χ0v) is 15.7. The van der Waals surface area contributed by atoms with Gasteiger partial charge in [-0.3, -0.25) is 9.48 Å². The van der Waals surface area contributed by atoms with Gasteiger partial charge < -0.3 is 14.8 Å². The van der Waals surface area contributed by atoms with Crippen molar-refractivity contribution in [2.75, 3.05) is 20.8 Å². The number of benzene rings is 1. The van der Waals surface area contributed by atoms with Gasteiger partial charge in [-0.25, -0.2) is 4.68 Å². The maximum atomic E-state index is 12.8.